The molecule has 0 unspecified atom stereocenters. The summed E-state index contributed by atoms with van der Waals surface area (Å²) in [5.74, 6) is -0.217. The van der Waals surface area contributed by atoms with E-state index in [1.165, 1.54) is 12.0 Å². The summed E-state index contributed by atoms with van der Waals surface area (Å²) in [6.45, 7) is 0.452. The third-order valence-electron chi connectivity index (χ3n) is 1.18. The first-order chi connectivity index (χ1) is 6.72. The second kappa shape index (κ2) is 18.8. The molecule has 0 heterocycles. The van der Waals surface area contributed by atoms with Crippen molar-refractivity contribution in [2.24, 2.45) is 5.11 Å². The number of rotatable bonds is 5. The molecule has 0 N–H and O–H groups in total. The molecule has 0 rings (SSSR count). The van der Waals surface area contributed by atoms with Crippen LogP contribution < -0.4 is 29.6 Å². The van der Waals surface area contributed by atoms with E-state index in [0.717, 1.165) is 6.42 Å². The van der Waals surface area contributed by atoms with Crippen LogP contribution in [0.25, 0.3) is 26.4 Å². The topological polar surface area (TPSA) is 134 Å². The summed E-state index contributed by atoms with van der Waals surface area (Å²) in [6, 6.07) is 0. The van der Waals surface area contributed by atoms with Gasteiger partial charge in [0.25, 0.3) is 0 Å². The predicted molar refractivity (Wildman–Crippen MR) is 50.0 cm³/mol. The molecule has 0 aromatic carbocycles. The normalized spacial score (nSPS) is 6.73. The van der Waals surface area contributed by atoms with Crippen molar-refractivity contribution >= 4 is 5.97 Å². The number of hydrogen-bond donors (Lipinski definition) is 0. The summed E-state index contributed by atoms with van der Waals surface area (Å²) < 4.78 is 4.41. The van der Waals surface area contributed by atoms with Gasteiger partial charge in [0.15, 0.2) is 0 Å². The molecule has 0 radical (unpaired) electrons. The Kier molecular flexibility index (Phi) is 24.6. The van der Waals surface area contributed by atoms with Crippen LogP contribution in [0.3, 0.4) is 0 Å². The quantitative estimate of drug-likeness (QED) is 0.155. The van der Waals surface area contributed by atoms with Gasteiger partial charge in [-0.2, -0.15) is 0 Å². The van der Waals surface area contributed by atoms with E-state index in [0.29, 0.717) is 19.4 Å². The molecule has 0 amide bonds. The average Bonchev–Trinajstić information content (AvgIpc) is 2.18. The summed E-state index contributed by atoms with van der Waals surface area (Å²) in [5.41, 5.74) is 21.4. The summed E-state index contributed by atoms with van der Waals surface area (Å²) in [4.78, 5) is 14.6. The smallest absolute Gasteiger partial charge is 0.469 e. The summed E-state index contributed by atoms with van der Waals surface area (Å²) in [6.07, 6.45) is 1.85. The maximum absolute atomic E-state index is 10.5. The van der Waals surface area contributed by atoms with Crippen LogP contribution in [0, 0.1) is 0 Å². The summed E-state index contributed by atoms with van der Waals surface area (Å²) in [5, 5.41) is 3.32. The van der Waals surface area contributed by atoms with Crippen molar-refractivity contribution in [1.29, 1.82) is 0 Å². The molecule has 0 spiro atoms. The van der Waals surface area contributed by atoms with Gasteiger partial charge >= 0.3 is 35.5 Å². The number of hydrogen-bond acceptors (Lipinski definition) is 3. The molecule has 0 saturated carbocycles. The molecule has 15 heavy (non-hydrogen) atoms. The Balaban J connectivity index is -0.000000320. The minimum absolute atomic E-state index is 0. The van der Waals surface area contributed by atoms with Crippen LogP contribution in [0.4, 0.5) is 0 Å². The van der Waals surface area contributed by atoms with Crippen LogP contribution in [-0.2, 0) is 9.53 Å². The Morgan fingerprint density at radius 1 is 1.33 bits per heavy atom. The molecule has 8 nitrogen and oxygen atoms in total. The van der Waals surface area contributed by atoms with Crippen LogP contribution in [0.2, 0.25) is 0 Å². The molecule has 0 aliphatic heterocycles. The average molecular weight is 222 g/mol. The van der Waals surface area contributed by atoms with Gasteiger partial charge < -0.3 is 15.8 Å². The summed E-state index contributed by atoms with van der Waals surface area (Å²) in [7, 11) is 1.36. The van der Waals surface area contributed by atoms with Crippen LogP contribution in [0.5, 0.6) is 0 Å². The van der Waals surface area contributed by atoms with E-state index in [4.69, 9.17) is 16.6 Å². The van der Waals surface area contributed by atoms with Gasteiger partial charge in [0, 0.05) is 17.9 Å². The van der Waals surface area contributed by atoms with Crippen molar-refractivity contribution in [2.75, 3.05) is 13.7 Å². The largest absolute Gasteiger partial charge is 1.00 e. The van der Waals surface area contributed by atoms with Crippen molar-refractivity contribution < 1.29 is 39.1 Å². The first-order valence-corrected chi connectivity index (χ1v) is 3.79. The number of methoxy groups -OCH3 is 1. The number of carbonyl (C=O) groups is 1. The van der Waals surface area contributed by atoms with Gasteiger partial charge in [0.05, 0.1) is 7.11 Å². The van der Waals surface area contributed by atoms with Crippen molar-refractivity contribution in [1.82, 2.24) is 0 Å². The first-order valence-electron chi connectivity index (χ1n) is 3.79. The van der Waals surface area contributed by atoms with Gasteiger partial charge in [0.1, 0.15) is 0 Å². The van der Waals surface area contributed by atoms with Gasteiger partial charge in [0.2, 0.25) is 0 Å². The molecule has 0 bridgehead atoms. The van der Waals surface area contributed by atoms with E-state index in [9.17, 15) is 4.79 Å². The maximum atomic E-state index is 10.5. The standard InChI is InChI=1S/C6H11N3O2.N3.Na/c1-11-6(10)4-2-3-5-8-9-7;1-3-2;/h2-5H2,1H3;;/q;-1;+1. The number of unbranched alkanes of at least 4 members (excludes halogenated alkanes) is 1. The van der Waals surface area contributed by atoms with E-state index >= 15 is 0 Å². The van der Waals surface area contributed by atoms with Crippen molar-refractivity contribution in [3.63, 3.8) is 0 Å². The molecule has 0 aliphatic carbocycles. The molecule has 0 aromatic rings. The Morgan fingerprint density at radius 3 is 2.27 bits per heavy atom. The molecule has 0 aromatic heterocycles. The van der Waals surface area contributed by atoms with Gasteiger partial charge in [-0.15, -0.1) is 0 Å². The van der Waals surface area contributed by atoms with Gasteiger partial charge in [-0.3, -0.25) is 9.71 Å². The van der Waals surface area contributed by atoms with Gasteiger partial charge in [-0.05, 0) is 18.4 Å². The van der Waals surface area contributed by atoms with E-state index in [1.54, 1.807) is 0 Å². The fraction of sp³-hybridized carbons (Fsp3) is 0.833. The third kappa shape index (κ3) is 24.6. The molecular weight excluding hydrogens is 211 g/mol. The van der Waals surface area contributed by atoms with E-state index in [-0.39, 0.29) is 35.5 Å². The Bertz CT molecular complexity index is 234. The zero-order chi connectivity index (χ0) is 11.2. The van der Waals surface area contributed by atoms with Crippen LogP contribution in [0.1, 0.15) is 19.3 Å². The fourth-order valence-corrected chi connectivity index (χ4v) is 0.599. The molecular formula is C6H11N6NaO2. The van der Waals surface area contributed by atoms with Crippen LogP contribution in [0.15, 0.2) is 5.11 Å². The second-order valence-electron chi connectivity index (χ2n) is 2.08. The Hall–Kier alpha value is -0.910. The molecule has 0 aliphatic rings. The Morgan fingerprint density at radius 2 is 1.87 bits per heavy atom. The molecule has 0 saturated heterocycles. The monoisotopic (exact) mass is 222 g/mol. The minimum Gasteiger partial charge on any atom is -0.469 e. The second-order valence-corrected chi connectivity index (χ2v) is 2.08. The predicted octanol–water partition coefficient (Wildman–Crippen LogP) is -0.490. The fourth-order valence-electron chi connectivity index (χ4n) is 0.599. The molecule has 78 valence electrons. The third-order valence-corrected chi connectivity index (χ3v) is 1.18. The molecule has 0 fully saturated rings. The molecule has 0 atom stereocenters. The van der Waals surface area contributed by atoms with Crippen molar-refractivity contribution in [2.45, 2.75) is 19.3 Å². The zero-order valence-corrected chi connectivity index (χ0v) is 10.8. The zero-order valence-electron chi connectivity index (χ0n) is 8.83. The first kappa shape index (κ1) is 19.6. The SMILES string of the molecule is COC(=O)CCCCN=[N+]=[N-].[N-]=[N+]=[N-].[Na+]. The van der Waals surface area contributed by atoms with Crippen molar-refractivity contribution in [3.8, 4) is 0 Å². The van der Waals surface area contributed by atoms with Gasteiger partial charge in [-0.1, -0.05) is 5.11 Å². The number of azide groups is 1. The van der Waals surface area contributed by atoms with Crippen LogP contribution in [-0.4, -0.2) is 19.6 Å². The number of carbonyl (C=O) groups excluding carboxylic acids is 1. The van der Waals surface area contributed by atoms with E-state index < -0.39 is 0 Å². The summed E-state index contributed by atoms with van der Waals surface area (Å²) >= 11 is 0. The number of ether oxygens (including phenoxy) is 1. The van der Waals surface area contributed by atoms with Crippen LogP contribution >= 0.6 is 0 Å². The maximum Gasteiger partial charge on any atom is 1.00 e. The minimum atomic E-state index is -0.217. The number of esters is 1. The molecule has 9 heteroatoms. The number of nitrogens with zero attached hydrogens (tertiary/aromatic N) is 6. The van der Waals surface area contributed by atoms with E-state index in [2.05, 4.69) is 14.8 Å². The van der Waals surface area contributed by atoms with Gasteiger partial charge in [-0.25, -0.2) is 0 Å². The van der Waals surface area contributed by atoms with Crippen molar-refractivity contribution in [3.05, 3.63) is 26.4 Å². The van der Waals surface area contributed by atoms with E-state index in [1.807, 2.05) is 0 Å². The Labute approximate surface area is 109 Å².